The highest BCUT2D eigenvalue weighted by Crippen LogP contribution is 2.10. The summed E-state index contributed by atoms with van der Waals surface area (Å²) in [5.41, 5.74) is 0. The van der Waals surface area contributed by atoms with Crippen LogP contribution in [-0.4, -0.2) is 24.6 Å². The van der Waals surface area contributed by atoms with Crippen LogP contribution in [0.3, 0.4) is 0 Å². The zero-order valence-corrected chi connectivity index (χ0v) is 18.0. The van der Waals surface area contributed by atoms with Crippen LogP contribution in [0, 0.1) is 0 Å². The van der Waals surface area contributed by atoms with Gasteiger partial charge < -0.3 is 9.47 Å². The van der Waals surface area contributed by atoms with Crippen molar-refractivity contribution in [3.8, 4) is 0 Å². The molecule has 0 aromatic heterocycles. The summed E-state index contributed by atoms with van der Waals surface area (Å²) in [6, 6.07) is 0. The van der Waals surface area contributed by atoms with Gasteiger partial charge in [-0.25, -0.2) is 9.59 Å². The summed E-state index contributed by atoms with van der Waals surface area (Å²) in [7, 11) is 0. The Labute approximate surface area is 167 Å². The van der Waals surface area contributed by atoms with Crippen molar-refractivity contribution in [2.45, 2.75) is 117 Å². The summed E-state index contributed by atoms with van der Waals surface area (Å²) in [5, 5.41) is 0. The maximum Gasteiger partial charge on any atom is 0.331 e. The number of carbonyl (C=O) groups is 2. The number of rotatable bonds is 18. The van der Waals surface area contributed by atoms with Crippen LogP contribution in [-0.2, 0) is 19.1 Å². The minimum absolute atomic E-state index is 0.114. The van der Waals surface area contributed by atoms with Crippen molar-refractivity contribution in [1.29, 1.82) is 0 Å². The third-order valence-corrected chi connectivity index (χ3v) is 4.63. The van der Waals surface area contributed by atoms with Gasteiger partial charge in [0.15, 0.2) is 0 Å². The Morgan fingerprint density at radius 2 is 1.19 bits per heavy atom. The Morgan fingerprint density at radius 3 is 1.78 bits per heavy atom. The summed E-state index contributed by atoms with van der Waals surface area (Å²) < 4.78 is 10.3. The van der Waals surface area contributed by atoms with Crippen molar-refractivity contribution >= 4 is 11.9 Å². The third-order valence-electron chi connectivity index (χ3n) is 4.63. The van der Waals surface area contributed by atoms with Crippen molar-refractivity contribution in [3.05, 3.63) is 12.2 Å². The highest BCUT2D eigenvalue weighted by atomic mass is 16.5. The summed E-state index contributed by atoms with van der Waals surface area (Å²) in [5.74, 6) is -0.948. The van der Waals surface area contributed by atoms with E-state index in [2.05, 4.69) is 13.8 Å². The van der Waals surface area contributed by atoms with Crippen molar-refractivity contribution in [2.24, 2.45) is 0 Å². The Bertz CT molecular complexity index is 390. The van der Waals surface area contributed by atoms with Crippen LogP contribution < -0.4 is 0 Å². The van der Waals surface area contributed by atoms with Gasteiger partial charge in [-0.15, -0.1) is 0 Å². The number of unbranched alkanes of at least 4 members (excludes halogenated alkanes) is 11. The van der Waals surface area contributed by atoms with Crippen molar-refractivity contribution in [3.63, 3.8) is 0 Å². The van der Waals surface area contributed by atoms with Gasteiger partial charge in [0.1, 0.15) is 0 Å². The molecule has 0 radical (unpaired) electrons. The zero-order valence-electron chi connectivity index (χ0n) is 18.0. The van der Waals surface area contributed by atoms with Crippen LogP contribution >= 0.6 is 0 Å². The van der Waals surface area contributed by atoms with Crippen LogP contribution in [0.25, 0.3) is 0 Å². The lowest BCUT2D eigenvalue weighted by Crippen LogP contribution is -2.13. The first-order chi connectivity index (χ1) is 13.1. The molecular weight excluding hydrogens is 340 g/mol. The number of hydrogen-bond acceptors (Lipinski definition) is 4. The van der Waals surface area contributed by atoms with E-state index in [1.165, 1.54) is 51.4 Å². The maximum absolute atomic E-state index is 11.6. The van der Waals surface area contributed by atoms with E-state index in [1.54, 1.807) is 0 Å². The van der Waals surface area contributed by atoms with Gasteiger partial charge in [-0.05, 0) is 26.2 Å². The molecule has 0 heterocycles. The van der Waals surface area contributed by atoms with E-state index in [0.717, 1.165) is 50.7 Å². The second-order valence-electron chi connectivity index (χ2n) is 7.43. The van der Waals surface area contributed by atoms with Gasteiger partial charge in [-0.3, -0.25) is 0 Å². The summed E-state index contributed by atoms with van der Waals surface area (Å²) in [6.45, 7) is 6.68. The fraction of sp³-hybridized carbons (Fsp3) is 0.826. The Kier molecular flexibility index (Phi) is 18.5. The standard InChI is InChI=1S/C23H42O4/c1-4-6-8-9-10-11-12-13-14-16-20-26-22(24)18-19-23(25)27-21(3)17-15-7-5-2/h18-19,21H,4-17,20H2,1-3H3/b19-18+. The Morgan fingerprint density at radius 1 is 0.704 bits per heavy atom. The second kappa shape index (κ2) is 19.4. The Balaban J connectivity index is 3.54. The van der Waals surface area contributed by atoms with Crippen LogP contribution in [0.15, 0.2) is 12.2 Å². The lowest BCUT2D eigenvalue weighted by Gasteiger charge is -2.10. The fourth-order valence-electron chi connectivity index (χ4n) is 2.92. The van der Waals surface area contributed by atoms with Gasteiger partial charge in [0, 0.05) is 12.2 Å². The molecule has 0 bridgehead atoms. The minimum atomic E-state index is -0.477. The highest BCUT2D eigenvalue weighted by Gasteiger charge is 2.07. The molecule has 1 unspecified atom stereocenters. The van der Waals surface area contributed by atoms with E-state index < -0.39 is 11.9 Å². The van der Waals surface area contributed by atoms with E-state index in [0.29, 0.717) is 6.61 Å². The van der Waals surface area contributed by atoms with Gasteiger partial charge >= 0.3 is 11.9 Å². The molecule has 0 rings (SSSR count). The molecule has 0 aromatic carbocycles. The average molecular weight is 383 g/mol. The van der Waals surface area contributed by atoms with E-state index in [9.17, 15) is 9.59 Å². The predicted octanol–water partition coefficient (Wildman–Crippen LogP) is 6.52. The summed E-state index contributed by atoms with van der Waals surface area (Å²) >= 11 is 0. The second-order valence-corrected chi connectivity index (χ2v) is 7.43. The van der Waals surface area contributed by atoms with Crippen LogP contribution in [0.1, 0.15) is 111 Å². The summed E-state index contributed by atoms with van der Waals surface area (Å²) in [4.78, 5) is 23.2. The zero-order chi connectivity index (χ0) is 20.2. The van der Waals surface area contributed by atoms with E-state index >= 15 is 0 Å². The predicted molar refractivity (Wildman–Crippen MR) is 112 cm³/mol. The van der Waals surface area contributed by atoms with Gasteiger partial charge in [-0.2, -0.15) is 0 Å². The van der Waals surface area contributed by atoms with Crippen molar-refractivity contribution in [2.75, 3.05) is 6.61 Å². The lowest BCUT2D eigenvalue weighted by atomic mass is 10.1. The Hall–Kier alpha value is -1.32. The molecule has 0 fully saturated rings. The van der Waals surface area contributed by atoms with Crippen LogP contribution in [0.4, 0.5) is 0 Å². The third kappa shape index (κ3) is 19.3. The minimum Gasteiger partial charge on any atom is -0.463 e. The van der Waals surface area contributed by atoms with Gasteiger partial charge in [0.25, 0.3) is 0 Å². The van der Waals surface area contributed by atoms with Gasteiger partial charge in [0.2, 0.25) is 0 Å². The molecule has 4 nitrogen and oxygen atoms in total. The highest BCUT2D eigenvalue weighted by molar-refractivity contribution is 5.91. The molecule has 0 aliphatic heterocycles. The lowest BCUT2D eigenvalue weighted by molar-refractivity contribution is -0.143. The van der Waals surface area contributed by atoms with E-state index in [-0.39, 0.29) is 6.10 Å². The SMILES string of the molecule is CCCCCCCCCCCCOC(=O)/C=C/C(=O)OC(C)CCCCC. The molecule has 1 atom stereocenters. The molecule has 0 saturated heterocycles. The topological polar surface area (TPSA) is 52.6 Å². The number of carbonyl (C=O) groups excluding carboxylic acids is 2. The van der Waals surface area contributed by atoms with E-state index in [4.69, 9.17) is 9.47 Å². The van der Waals surface area contributed by atoms with Crippen molar-refractivity contribution in [1.82, 2.24) is 0 Å². The first kappa shape index (κ1) is 25.7. The molecule has 27 heavy (non-hydrogen) atoms. The first-order valence-electron chi connectivity index (χ1n) is 11.2. The van der Waals surface area contributed by atoms with Gasteiger partial charge in [-0.1, -0.05) is 84.5 Å². The molecule has 158 valence electrons. The molecule has 0 N–H and O–H groups in total. The fourth-order valence-corrected chi connectivity index (χ4v) is 2.92. The van der Waals surface area contributed by atoms with Crippen molar-refractivity contribution < 1.29 is 19.1 Å². The molecule has 4 heteroatoms. The molecule has 0 saturated carbocycles. The molecule has 0 aliphatic carbocycles. The number of hydrogen-bond donors (Lipinski definition) is 0. The van der Waals surface area contributed by atoms with Crippen LogP contribution in [0.2, 0.25) is 0 Å². The molecular formula is C23H42O4. The molecule has 0 aliphatic rings. The van der Waals surface area contributed by atoms with Crippen LogP contribution in [0.5, 0.6) is 0 Å². The smallest absolute Gasteiger partial charge is 0.331 e. The number of esters is 2. The molecule has 0 amide bonds. The normalized spacial score (nSPS) is 12.3. The average Bonchev–Trinajstić information content (AvgIpc) is 2.64. The monoisotopic (exact) mass is 382 g/mol. The maximum atomic E-state index is 11.6. The summed E-state index contributed by atoms with van der Waals surface area (Å²) in [6.07, 6.45) is 18.9. The molecule has 0 spiro atoms. The number of ether oxygens (including phenoxy) is 2. The molecule has 0 aromatic rings. The quantitative estimate of drug-likeness (QED) is 0.154. The first-order valence-corrected chi connectivity index (χ1v) is 11.2. The van der Waals surface area contributed by atoms with Gasteiger partial charge in [0.05, 0.1) is 12.7 Å². The van der Waals surface area contributed by atoms with E-state index in [1.807, 2.05) is 6.92 Å². The largest absolute Gasteiger partial charge is 0.463 e.